The molecular weight excluding hydrogens is 276 g/mol. The molecule has 0 amide bonds. The molecule has 0 radical (unpaired) electrons. The van der Waals surface area contributed by atoms with Gasteiger partial charge in [0.2, 0.25) is 5.95 Å². The van der Waals surface area contributed by atoms with Crippen LogP contribution in [0.2, 0.25) is 0 Å². The van der Waals surface area contributed by atoms with Crippen LogP contribution in [0.25, 0.3) is 0 Å². The Bertz CT molecular complexity index is 772. The number of fused-ring (bicyclic) bond motifs is 1. The van der Waals surface area contributed by atoms with E-state index < -0.39 is 0 Å². The molecule has 0 saturated heterocycles. The normalized spacial score (nSPS) is 23.8. The SMILES string of the molecule is Cc1ccc([C@H]2C3=C(C[C@@H](C)CC3=O)Nc3ncnn32)cc1. The van der Waals surface area contributed by atoms with Gasteiger partial charge in [-0.15, -0.1) is 0 Å². The van der Waals surface area contributed by atoms with Gasteiger partial charge in [-0.3, -0.25) is 4.79 Å². The summed E-state index contributed by atoms with van der Waals surface area (Å²) in [5, 5.41) is 7.64. The number of rotatable bonds is 1. The third kappa shape index (κ3) is 1.96. The number of hydrogen-bond acceptors (Lipinski definition) is 4. The van der Waals surface area contributed by atoms with E-state index in [4.69, 9.17) is 0 Å². The molecule has 0 saturated carbocycles. The van der Waals surface area contributed by atoms with Crippen LogP contribution in [0.3, 0.4) is 0 Å². The number of benzene rings is 1. The molecule has 2 heterocycles. The Morgan fingerprint density at radius 3 is 2.77 bits per heavy atom. The first-order valence-electron chi connectivity index (χ1n) is 7.63. The molecule has 0 bridgehead atoms. The Hall–Kier alpha value is -2.43. The topological polar surface area (TPSA) is 59.8 Å². The summed E-state index contributed by atoms with van der Waals surface area (Å²) in [6.07, 6.45) is 3.03. The first-order chi connectivity index (χ1) is 10.6. The molecule has 4 rings (SSSR count). The van der Waals surface area contributed by atoms with E-state index in [0.717, 1.165) is 23.3 Å². The lowest BCUT2D eigenvalue weighted by Gasteiger charge is -2.34. The van der Waals surface area contributed by atoms with Crippen molar-refractivity contribution < 1.29 is 4.79 Å². The van der Waals surface area contributed by atoms with E-state index in [1.165, 1.54) is 11.9 Å². The van der Waals surface area contributed by atoms with Gasteiger partial charge in [0.15, 0.2) is 5.78 Å². The summed E-state index contributed by atoms with van der Waals surface area (Å²) in [4.78, 5) is 16.9. The smallest absolute Gasteiger partial charge is 0.226 e. The molecule has 112 valence electrons. The summed E-state index contributed by atoms with van der Waals surface area (Å²) < 4.78 is 1.82. The average Bonchev–Trinajstić information content (AvgIpc) is 2.93. The van der Waals surface area contributed by atoms with Crippen molar-refractivity contribution in [1.82, 2.24) is 14.8 Å². The van der Waals surface area contributed by atoms with Gasteiger partial charge in [0.1, 0.15) is 12.4 Å². The highest BCUT2D eigenvalue weighted by atomic mass is 16.1. The van der Waals surface area contributed by atoms with Crippen LogP contribution in [0.15, 0.2) is 41.9 Å². The Balaban J connectivity index is 1.89. The van der Waals surface area contributed by atoms with Crippen molar-refractivity contribution in [3.8, 4) is 0 Å². The highest BCUT2D eigenvalue weighted by Crippen LogP contribution is 2.40. The van der Waals surface area contributed by atoms with E-state index in [1.807, 2.05) is 4.68 Å². The molecular formula is C17H18N4O. The van der Waals surface area contributed by atoms with Gasteiger partial charge in [-0.25, -0.2) is 4.68 Å². The summed E-state index contributed by atoms with van der Waals surface area (Å²) in [5.74, 6) is 1.30. The quantitative estimate of drug-likeness (QED) is 0.878. The van der Waals surface area contributed by atoms with E-state index in [2.05, 4.69) is 53.5 Å². The lowest BCUT2D eigenvalue weighted by molar-refractivity contribution is -0.117. The lowest BCUT2D eigenvalue weighted by atomic mass is 9.81. The van der Waals surface area contributed by atoms with Crippen LogP contribution in [-0.2, 0) is 4.79 Å². The van der Waals surface area contributed by atoms with Crippen LogP contribution in [0.5, 0.6) is 0 Å². The Labute approximate surface area is 129 Å². The first kappa shape index (κ1) is 13.2. The predicted molar refractivity (Wildman–Crippen MR) is 83.4 cm³/mol. The fourth-order valence-corrected chi connectivity index (χ4v) is 3.40. The van der Waals surface area contributed by atoms with Crippen molar-refractivity contribution in [2.45, 2.75) is 32.7 Å². The molecule has 1 N–H and O–H groups in total. The van der Waals surface area contributed by atoms with E-state index in [-0.39, 0.29) is 11.8 Å². The lowest BCUT2D eigenvalue weighted by Crippen LogP contribution is -2.33. The number of nitrogens with one attached hydrogen (secondary N) is 1. The van der Waals surface area contributed by atoms with Crippen LogP contribution >= 0.6 is 0 Å². The number of carbonyl (C=O) groups is 1. The molecule has 1 aromatic heterocycles. The largest absolute Gasteiger partial charge is 0.328 e. The van der Waals surface area contributed by atoms with Gasteiger partial charge >= 0.3 is 0 Å². The van der Waals surface area contributed by atoms with E-state index >= 15 is 0 Å². The minimum Gasteiger partial charge on any atom is -0.328 e. The molecule has 1 aliphatic carbocycles. The van der Waals surface area contributed by atoms with Crippen molar-refractivity contribution >= 4 is 11.7 Å². The standard InChI is InChI=1S/C17H18N4O/c1-10-3-5-12(6-4-10)16-15-13(7-11(2)8-14(15)22)20-17-18-9-19-21(16)17/h3-6,9,11,16H,7-8H2,1-2H3,(H,18,19,20)/t11-,16+/m1/s1. The number of aromatic nitrogens is 3. The molecule has 5 nitrogen and oxygen atoms in total. The third-order valence-electron chi connectivity index (χ3n) is 4.46. The zero-order chi connectivity index (χ0) is 15.3. The highest BCUT2D eigenvalue weighted by molar-refractivity contribution is 5.99. The van der Waals surface area contributed by atoms with Gasteiger partial charge in [-0.05, 0) is 24.8 Å². The molecule has 2 aliphatic rings. The fraction of sp³-hybridized carbons (Fsp3) is 0.353. The second-order valence-corrected chi connectivity index (χ2v) is 6.30. The summed E-state index contributed by atoms with van der Waals surface area (Å²) in [6.45, 7) is 4.18. The van der Waals surface area contributed by atoms with Gasteiger partial charge < -0.3 is 5.32 Å². The second kappa shape index (κ2) is 4.80. The highest BCUT2D eigenvalue weighted by Gasteiger charge is 2.37. The number of nitrogens with zero attached hydrogens (tertiary/aromatic N) is 3. The summed E-state index contributed by atoms with van der Waals surface area (Å²) in [7, 11) is 0. The molecule has 2 atom stereocenters. The Morgan fingerprint density at radius 1 is 1.23 bits per heavy atom. The summed E-state index contributed by atoms with van der Waals surface area (Å²) >= 11 is 0. The van der Waals surface area contributed by atoms with Crippen molar-refractivity contribution in [2.75, 3.05) is 5.32 Å². The number of aryl methyl sites for hydroxylation is 1. The van der Waals surface area contributed by atoms with Gasteiger partial charge in [0.25, 0.3) is 0 Å². The van der Waals surface area contributed by atoms with Gasteiger partial charge in [0.05, 0.1) is 0 Å². The monoisotopic (exact) mass is 294 g/mol. The average molecular weight is 294 g/mol. The maximum atomic E-state index is 12.7. The van der Waals surface area contributed by atoms with Gasteiger partial charge in [-0.2, -0.15) is 10.1 Å². The van der Waals surface area contributed by atoms with Crippen LogP contribution in [0.1, 0.15) is 36.9 Å². The number of allylic oxidation sites excluding steroid dienone is 2. The predicted octanol–water partition coefficient (Wildman–Crippen LogP) is 2.85. The van der Waals surface area contributed by atoms with Crippen molar-refractivity contribution in [3.63, 3.8) is 0 Å². The maximum absolute atomic E-state index is 12.7. The minimum atomic E-state index is -0.172. The number of hydrogen-bond donors (Lipinski definition) is 1. The number of Topliss-reactive ketones (excluding diaryl/α,β-unsaturated/α-hetero) is 1. The van der Waals surface area contributed by atoms with Gasteiger partial charge in [0, 0.05) is 17.7 Å². The fourth-order valence-electron chi connectivity index (χ4n) is 3.40. The minimum absolute atomic E-state index is 0.172. The molecule has 0 spiro atoms. The van der Waals surface area contributed by atoms with Crippen molar-refractivity contribution in [2.24, 2.45) is 5.92 Å². The Morgan fingerprint density at radius 2 is 2.00 bits per heavy atom. The van der Waals surface area contributed by atoms with Crippen LogP contribution in [0.4, 0.5) is 5.95 Å². The Kier molecular flexibility index (Phi) is 2.89. The van der Waals surface area contributed by atoms with Crippen molar-refractivity contribution in [1.29, 1.82) is 0 Å². The molecule has 1 aliphatic heterocycles. The maximum Gasteiger partial charge on any atom is 0.226 e. The van der Waals surface area contributed by atoms with E-state index in [9.17, 15) is 4.79 Å². The number of carbonyl (C=O) groups excluding carboxylic acids is 1. The number of anilines is 1. The van der Waals surface area contributed by atoms with Crippen molar-refractivity contribution in [3.05, 3.63) is 53.0 Å². The van der Waals surface area contributed by atoms with E-state index in [1.54, 1.807) is 0 Å². The van der Waals surface area contributed by atoms with Crippen LogP contribution in [0, 0.1) is 12.8 Å². The molecule has 0 fully saturated rings. The number of ketones is 1. The molecule has 2 aromatic rings. The molecule has 1 aromatic carbocycles. The summed E-state index contributed by atoms with van der Waals surface area (Å²) in [6, 6.07) is 8.13. The molecule has 22 heavy (non-hydrogen) atoms. The van der Waals surface area contributed by atoms with Gasteiger partial charge in [-0.1, -0.05) is 36.8 Å². The van der Waals surface area contributed by atoms with Crippen LogP contribution < -0.4 is 5.32 Å². The first-order valence-corrected chi connectivity index (χ1v) is 7.63. The summed E-state index contributed by atoms with van der Waals surface area (Å²) in [5.41, 5.74) is 4.14. The van der Waals surface area contributed by atoms with Crippen LogP contribution in [-0.4, -0.2) is 20.5 Å². The molecule has 0 unspecified atom stereocenters. The third-order valence-corrected chi connectivity index (χ3v) is 4.46. The van der Waals surface area contributed by atoms with E-state index in [0.29, 0.717) is 18.3 Å². The zero-order valence-corrected chi connectivity index (χ0v) is 12.7. The molecule has 5 heteroatoms. The zero-order valence-electron chi connectivity index (χ0n) is 12.7. The second-order valence-electron chi connectivity index (χ2n) is 6.30.